The van der Waals surface area contributed by atoms with Crippen molar-refractivity contribution in [2.75, 3.05) is 6.54 Å². The maximum absolute atomic E-state index is 2.45. The quantitative estimate of drug-likeness (QED) is 0.393. The number of hydrogen-bond donors (Lipinski definition) is 0. The summed E-state index contributed by atoms with van der Waals surface area (Å²) in [5.41, 5.74) is 1.52. The van der Waals surface area contributed by atoms with E-state index in [1.165, 1.54) is 25.0 Å². The molecule has 0 radical (unpaired) electrons. The number of hydrogen-bond acceptors (Lipinski definition) is 1. The molecule has 58 valence electrons. The molecule has 1 atom stereocenters. The second-order valence-electron chi connectivity index (χ2n) is 2.89. The average Bonchev–Trinajstić information content (AvgIpc) is 1.88. The topological polar surface area (TPSA) is 3.24 Å². The van der Waals surface area contributed by atoms with Gasteiger partial charge in [0.15, 0.2) is 0 Å². The van der Waals surface area contributed by atoms with Crippen molar-refractivity contribution in [2.24, 2.45) is 0 Å². The standard InChI is InChI=1S/C8H14IN/c1-7-4-3-5-10(6-7)8(2)9/h6,8H,3-5H2,1-2H3. The lowest BCUT2D eigenvalue weighted by Crippen LogP contribution is -2.27. The van der Waals surface area contributed by atoms with E-state index in [1.807, 2.05) is 0 Å². The fourth-order valence-corrected chi connectivity index (χ4v) is 1.67. The van der Waals surface area contributed by atoms with E-state index >= 15 is 0 Å². The van der Waals surface area contributed by atoms with Gasteiger partial charge in [-0.3, -0.25) is 0 Å². The van der Waals surface area contributed by atoms with Gasteiger partial charge < -0.3 is 4.90 Å². The fourth-order valence-electron chi connectivity index (χ4n) is 1.23. The van der Waals surface area contributed by atoms with Crippen LogP contribution in [0.1, 0.15) is 26.7 Å². The molecule has 0 aromatic carbocycles. The molecule has 1 rings (SSSR count). The van der Waals surface area contributed by atoms with E-state index in [1.54, 1.807) is 0 Å². The highest BCUT2D eigenvalue weighted by Gasteiger charge is 2.10. The Balaban J connectivity index is 2.53. The minimum Gasteiger partial charge on any atom is -0.366 e. The van der Waals surface area contributed by atoms with Gasteiger partial charge in [0, 0.05) is 6.54 Å². The third-order valence-corrected chi connectivity index (χ3v) is 2.55. The molecule has 0 aromatic heterocycles. The van der Waals surface area contributed by atoms with E-state index < -0.39 is 0 Å². The van der Waals surface area contributed by atoms with Crippen LogP contribution < -0.4 is 0 Å². The second-order valence-corrected chi connectivity index (χ2v) is 4.69. The Labute approximate surface area is 76.6 Å². The highest BCUT2D eigenvalue weighted by Crippen LogP contribution is 2.18. The smallest absolute Gasteiger partial charge is 0.0775 e. The first kappa shape index (κ1) is 8.37. The van der Waals surface area contributed by atoms with Crippen molar-refractivity contribution in [3.05, 3.63) is 11.8 Å². The van der Waals surface area contributed by atoms with Gasteiger partial charge in [0.1, 0.15) is 0 Å². The van der Waals surface area contributed by atoms with Gasteiger partial charge in [-0.25, -0.2) is 0 Å². The van der Waals surface area contributed by atoms with Crippen molar-refractivity contribution in [3.63, 3.8) is 0 Å². The van der Waals surface area contributed by atoms with Crippen LogP contribution in [0.5, 0.6) is 0 Å². The SMILES string of the molecule is CC1=CN(C(C)I)CCC1. The fraction of sp³-hybridized carbons (Fsp3) is 0.750. The van der Waals surface area contributed by atoms with Gasteiger partial charge in [-0.1, -0.05) is 28.2 Å². The van der Waals surface area contributed by atoms with Gasteiger partial charge in [-0.2, -0.15) is 0 Å². The zero-order valence-electron chi connectivity index (χ0n) is 6.60. The van der Waals surface area contributed by atoms with Crippen molar-refractivity contribution >= 4 is 22.6 Å². The minimum absolute atomic E-state index is 0.646. The molecule has 0 amide bonds. The monoisotopic (exact) mass is 251 g/mol. The molecule has 2 heteroatoms. The van der Waals surface area contributed by atoms with Crippen LogP contribution in [0.25, 0.3) is 0 Å². The first-order valence-corrected chi connectivity index (χ1v) is 5.02. The van der Waals surface area contributed by atoms with Gasteiger partial charge in [0.25, 0.3) is 0 Å². The number of rotatable bonds is 1. The Morgan fingerprint density at radius 2 is 2.40 bits per heavy atom. The van der Waals surface area contributed by atoms with E-state index in [-0.39, 0.29) is 0 Å². The highest BCUT2D eigenvalue weighted by molar-refractivity contribution is 14.1. The molecule has 1 unspecified atom stereocenters. The lowest BCUT2D eigenvalue weighted by molar-refractivity contribution is 0.353. The normalized spacial score (nSPS) is 22.3. The average molecular weight is 251 g/mol. The molecule has 0 bridgehead atoms. The van der Waals surface area contributed by atoms with Gasteiger partial charge in [0.05, 0.1) is 4.05 Å². The maximum Gasteiger partial charge on any atom is 0.0775 e. The Hall–Kier alpha value is 0.270. The Morgan fingerprint density at radius 3 is 2.80 bits per heavy atom. The third kappa shape index (κ3) is 2.15. The molecule has 1 aliphatic rings. The minimum atomic E-state index is 0.646. The molecule has 0 N–H and O–H groups in total. The summed E-state index contributed by atoms with van der Waals surface area (Å²) in [5, 5.41) is 0. The second kappa shape index (κ2) is 3.60. The molecule has 0 saturated heterocycles. The summed E-state index contributed by atoms with van der Waals surface area (Å²) in [6.45, 7) is 5.68. The zero-order chi connectivity index (χ0) is 7.56. The van der Waals surface area contributed by atoms with Crippen molar-refractivity contribution in [1.82, 2.24) is 4.90 Å². The molecule has 1 aliphatic heterocycles. The summed E-state index contributed by atoms with van der Waals surface area (Å²) in [6, 6.07) is 0. The van der Waals surface area contributed by atoms with Crippen molar-refractivity contribution in [3.8, 4) is 0 Å². The molecule has 0 spiro atoms. The number of alkyl halides is 1. The largest absolute Gasteiger partial charge is 0.366 e. The van der Waals surface area contributed by atoms with Crippen LogP contribution in [0.2, 0.25) is 0 Å². The Kier molecular flexibility index (Phi) is 3.01. The van der Waals surface area contributed by atoms with Crippen molar-refractivity contribution in [1.29, 1.82) is 0 Å². The van der Waals surface area contributed by atoms with Gasteiger partial charge in [-0.05, 0) is 32.9 Å². The summed E-state index contributed by atoms with van der Waals surface area (Å²) in [6.07, 6.45) is 4.91. The molecule has 10 heavy (non-hydrogen) atoms. The van der Waals surface area contributed by atoms with Crippen LogP contribution in [0, 0.1) is 0 Å². The van der Waals surface area contributed by atoms with E-state index in [0.29, 0.717) is 4.05 Å². The molecular formula is C8H14IN. The Bertz CT molecular complexity index is 140. The summed E-state index contributed by atoms with van der Waals surface area (Å²) < 4.78 is 0.646. The van der Waals surface area contributed by atoms with Crippen LogP contribution in [-0.4, -0.2) is 15.5 Å². The number of nitrogens with zero attached hydrogens (tertiary/aromatic N) is 1. The predicted molar refractivity (Wildman–Crippen MR) is 53.2 cm³/mol. The molecule has 0 saturated carbocycles. The highest BCUT2D eigenvalue weighted by atomic mass is 127. The van der Waals surface area contributed by atoms with Gasteiger partial charge in [0.2, 0.25) is 0 Å². The van der Waals surface area contributed by atoms with Crippen LogP contribution in [0.15, 0.2) is 11.8 Å². The molecule has 0 aliphatic carbocycles. The van der Waals surface area contributed by atoms with E-state index in [9.17, 15) is 0 Å². The molecular weight excluding hydrogens is 237 g/mol. The van der Waals surface area contributed by atoms with Gasteiger partial charge >= 0.3 is 0 Å². The molecule has 1 heterocycles. The Morgan fingerprint density at radius 1 is 1.70 bits per heavy atom. The van der Waals surface area contributed by atoms with Crippen LogP contribution in [0.4, 0.5) is 0 Å². The van der Waals surface area contributed by atoms with E-state index in [4.69, 9.17) is 0 Å². The molecule has 0 fully saturated rings. The first-order valence-electron chi connectivity index (χ1n) is 3.77. The molecule has 1 nitrogen and oxygen atoms in total. The van der Waals surface area contributed by atoms with E-state index in [2.05, 4.69) is 47.5 Å². The van der Waals surface area contributed by atoms with Crippen molar-refractivity contribution in [2.45, 2.75) is 30.7 Å². The van der Waals surface area contributed by atoms with Gasteiger partial charge in [-0.15, -0.1) is 0 Å². The summed E-state index contributed by atoms with van der Waals surface area (Å²) in [4.78, 5) is 2.40. The van der Waals surface area contributed by atoms with E-state index in [0.717, 1.165) is 0 Å². The number of allylic oxidation sites excluding steroid dienone is 1. The molecule has 0 aromatic rings. The summed E-state index contributed by atoms with van der Waals surface area (Å²) >= 11 is 2.45. The predicted octanol–water partition coefficient (Wildman–Crippen LogP) is 2.77. The maximum atomic E-state index is 2.45. The first-order chi connectivity index (χ1) is 4.70. The lowest BCUT2D eigenvalue weighted by Gasteiger charge is -2.28. The lowest BCUT2D eigenvalue weighted by atomic mass is 10.1. The summed E-state index contributed by atoms with van der Waals surface area (Å²) in [7, 11) is 0. The zero-order valence-corrected chi connectivity index (χ0v) is 8.76. The van der Waals surface area contributed by atoms with Crippen LogP contribution >= 0.6 is 22.6 Å². The third-order valence-electron chi connectivity index (χ3n) is 1.83. The number of halogens is 1. The van der Waals surface area contributed by atoms with Crippen LogP contribution in [-0.2, 0) is 0 Å². The summed E-state index contributed by atoms with van der Waals surface area (Å²) in [5.74, 6) is 0. The van der Waals surface area contributed by atoms with Crippen molar-refractivity contribution < 1.29 is 0 Å². The van der Waals surface area contributed by atoms with Crippen LogP contribution in [0.3, 0.4) is 0 Å².